The van der Waals surface area contributed by atoms with Crippen LogP contribution >= 0.6 is 22.6 Å². The van der Waals surface area contributed by atoms with Crippen molar-refractivity contribution in [1.82, 2.24) is 0 Å². The van der Waals surface area contributed by atoms with E-state index in [1.165, 1.54) is 0 Å². The minimum atomic E-state index is 0.565. The smallest absolute Gasteiger partial charge is 0.0756 e. The maximum atomic E-state index is 3.79. The van der Waals surface area contributed by atoms with Gasteiger partial charge in [-0.2, -0.15) is 10.2 Å². The molecule has 0 fully saturated rings. The van der Waals surface area contributed by atoms with Gasteiger partial charge in [-0.05, 0) is 6.08 Å². The third kappa shape index (κ3) is 1.54. The molecule has 7 heavy (non-hydrogen) atoms. The first-order valence-corrected chi connectivity index (χ1v) is 3.31. The molecule has 0 aromatic rings. The number of hydrogen-bond acceptors (Lipinski definition) is 2. The van der Waals surface area contributed by atoms with Crippen LogP contribution in [0.1, 0.15) is 0 Å². The van der Waals surface area contributed by atoms with E-state index in [2.05, 4.69) is 32.8 Å². The van der Waals surface area contributed by atoms with E-state index in [-0.39, 0.29) is 0 Å². The van der Waals surface area contributed by atoms with E-state index in [1.54, 1.807) is 6.20 Å². The van der Waals surface area contributed by atoms with Gasteiger partial charge in [0.2, 0.25) is 0 Å². The molecular weight excluding hydrogens is 203 g/mol. The van der Waals surface area contributed by atoms with Crippen LogP contribution in [0.3, 0.4) is 0 Å². The van der Waals surface area contributed by atoms with E-state index < -0.39 is 0 Å². The van der Waals surface area contributed by atoms with Crippen LogP contribution in [0.4, 0.5) is 0 Å². The van der Waals surface area contributed by atoms with E-state index in [0.29, 0.717) is 3.92 Å². The highest BCUT2D eigenvalue weighted by molar-refractivity contribution is 14.1. The molecule has 0 aromatic heterocycles. The van der Waals surface area contributed by atoms with Crippen LogP contribution in [0.5, 0.6) is 0 Å². The molecule has 1 atom stereocenters. The van der Waals surface area contributed by atoms with Crippen LogP contribution in [0, 0.1) is 0 Å². The Bertz CT molecular complexity index is 108. The number of azo groups is 1. The lowest BCUT2D eigenvalue weighted by atomic mass is 10.4. The van der Waals surface area contributed by atoms with Gasteiger partial charge in [0.1, 0.15) is 0 Å². The molecule has 1 aliphatic heterocycles. The van der Waals surface area contributed by atoms with Gasteiger partial charge in [-0.3, -0.25) is 0 Å². The first-order chi connectivity index (χ1) is 3.39. The largest absolute Gasteiger partial charge is 0.188 e. The predicted molar refractivity (Wildman–Crippen MR) is 36.7 cm³/mol. The zero-order chi connectivity index (χ0) is 5.11. The molecule has 2 nitrogen and oxygen atoms in total. The molecule has 0 aromatic carbocycles. The molecule has 0 spiro atoms. The Hall–Kier alpha value is 0.0700. The molecule has 0 N–H and O–H groups in total. The molecule has 1 heterocycles. The summed E-state index contributed by atoms with van der Waals surface area (Å²) in [5.74, 6) is 0. The summed E-state index contributed by atoms with van der Waals surface area (Å²) in [4.78, 5) is 0. The van der Waals surface area contributed by atoms with Crippen molar-refractivity contribution < 1.29 is 0 Å². The van der Waals surface area contributed by atoms with Crippen molar-refractivity contribution >= 4 is 22.6 Å². The molecule has 0 bridgehead atoms. The Morgan fingerprint density at radius 2 is 2.57 bits per heavy atom. The van der Waals surface area contributed by atoms with Gasteiger partial charge < -0.3 is 0 Å². The summed E-state index contributed by atoms with van der Waals surface area (Å²) in [6, 6.07) is 0. The lowest BCUT2D eigenvalue weighted by molar-refractivity contribution is 0.921. The Balaban J connectivity index is 2.49. The second kappa shape index (κ2) is 2.40. The molecule has 1 unspecified atom stereocenters. The maximum Gasteiger partial charge on any atom is 0.0756 e. The summed E-state index contributed by atoms with van der Waals surface area (Å²) >= 11 is 2.32. The monoisotopic (exact) mass is 208 g/mol. The molecule has 38 valence electrons. The van der Waals surface area contributed by atoms with E-state index in [4.69, 9.17) is 0 Å². The first-order valence-electron chi connectivity index (χ1n) is 2.07. The van der Waals surface area contributed by atoms with E-state index in [0.717, 1.165) is 6.54 Å². The van der Waals surface area contributed by atoms with Gasteiger partial charge in [0.15, 0.2) is 0 Å². The van der Waals surface area contributed by atoms with E-state index >= 15 is 0 Å². The van der Waals surface area contributed by atoms with Crippen LogP contribution in [-0.2, 0) is 0 Å². The fourth-order valence-electron chi connectivity index (χ4n) is 0.365. The fourth-order valence-corrected chi connectivity index (χ4v) is 0.727. The Morgan fingerprint density at radius 1 is 1.71 bits per heavy atom. The van der Waals surface area contributed by atoms with Gasteiger partial charge in [0.25, 0.3) is 0 Å². The highest BCUT2D eigenvalue weighted by Crippen LogP contribution is 2.06. The topological polar surface area (TPSA) is 24.7 Å². The molecule has 0 radical (unpaired) electrons. The second-order valence-electron chi connectivity index (χ2n) is 1.30. The standard InChI is InChI=1S/C4H5IN2/c5-4-1-2-6-7-3-4/h1-2,4H,3H2. The molecule has 0 saturated heterocycles. The van der Waals surface area contributed by atoms with Crippen LogP contribution in [0.15, 0.2) is 22.5 Å². The Morgan fingerprint density at radius 3 is 2.86 bits per heavy atom. The lowest BCUT2D eigenvalue weighted by Gasteiger charge is -1.98. The zero-order valence-electron chi connectivity index (χ0n) is 3.71. The third-order valence-electron chi connectivity index (χ3n) is 0.699. The van der Waals surface area contributed by atoms with Crippen LogP contribution in [-0.4, -0.2) is 10.5 Å². The minimum Gasteiger partial charge on any atom is -0.188 e. The fraction of sp³-hybridized carbons (Fsp3) is 0.500. The number of alkyl halides is 1. The minimum absolute atomic E-state index is 0.565. The summed E-state index contributed by atoms with van der Waals surface area (Å²) in [7, 11) is 0. The number of halogens is 1. The third-order valence-corrected chi connectivity index (χ3v) is 1.51. The van der Waals surface area contributed by atoms with Gasteiger partial charge >= 0.3 is 0 Å². The van der Waals surface area contributed by atoms with Gasteiger partial charge in [0.05, 0.1) is 10.5 Å². The SMILES string of the molecule is IC1C=CN=NC1. The highest BCUT2D eigenvalue weighted by atomic mass is 127. The van der Waals surface area contributed by atoms with Crippen LogP contribution < -0.4 is 0 Å². The number of hydrogen-bond donors (Lipinski definition) is 0. The second-order valence-corrected chi connectivity index (χ2v) is 2.90. The van der Waals surface area contributed by atoms with Gasteiger partial charge in [-0.25, -0.2) is 0 Å². The molecule has 0 saturated carbocycles. The molecule has 1 aliphatic rings. The quantitative estimate of drug-likeness (QED) is 0.428. The molecule has 3 heteroatoms. The van der Waals surface area contributed by atoms with Crippen LogP contribution in [0.25, 0.3) is 0 Å². The van der Waals surface area contributed by atoms with Gasteiger partial charge in [-0.15, -0.1) is 0 Å². The summed E-state index contributed by atoms with van der Waals surface area (Å²) < 4.78 is 0.565. The van der Waals surface area contributed by atoms with Crippen molar-refractivity contribution in [2.75, 3.05) is 6.54 Å². The average Bonchev–Trinajstić information content (AvgIpc) is 1.69. The predicted octanol–water partition coefficient (Wildman–Crippen LogP) is 1.77. The van der Waals surface area contributed by atoms with Gasteiger partial charge in [-0.1, -0.05) is 22.6 Å². The molecular formula is C4H5IN2. The summed E-state index contributed by atoms with van der Waals surface area (Å²) in [5.41, 5.74) is 0. The molecule has 0 aliphatic carbocycles. The summed E-state index contributed by atoms with van der Waals surface area (Å²) in [6.07, 6.45) is 3.77. The van der Waals surface area contributed by atoms with Crippen molar-refractivity contribution in [2.45, 2.75) is 3.92 Å². The first kappa shape index (κ1) is 5.21. The van der Waals surface area contributed by atoms with E-state index in [1.807, 2.05) is 6.08 Å². The summed E-state index contributed by atoms with van der Waals surface area (Å²) in [5, 5.41) is 7.46. The summed E-state index contributed by atoms with van der Waals surface area (Å²) in [6.45, 7) is 0.844. The average molecular weight is 208 g/mol. The van der Waals surface area contributed by atoms with Crippen molar-refractivity contribution in [3.8, 4) is 0 Å². The van der Waals surface area contributed by atoms with E-state index in [9.17, 15) is 0 Å². The van der Waals surface area contributed by atoms with Crippen molar-refractivity contribution in [3.63, 3.8) is 0 Å². The van der Waals surface area contributed by atoms with Crippen molar-refractivity contribution in [2.24, 2.45) is 10.2 Å². The van der Waals surface area contributed by atoms with Gasteiger partial charge in [0, 0.05) is 6.20 Å². The molecule has 1 rings (SSSR count). The highest BCUT2D eigenvalue weighted by Gasteiger charge is 1.97. The number of rotatable bonds is 0. The molecule has 0 amide bonds. The van der Waals surface area contributed by atoms with Crippen LogP contribution in [0.2, 0.25) is 0 Å². The van der Waals surface area contributed by atoms with Crippen molar-refractivity contribution in [3.05, 3.63) is 12.3 Å². The Kier molecular flexibility index (Phi) is 1.78. The number of nitrogens with zero attached hydrogens (tertiary/aromatic N) is 2. The Labute approximate surface area is 55.8 Å². The zero-order valence-corrected chi connectivity index (χ0v) is 5.87. The van der Waals surface area contributed by atoms with Crippen molar-refractivity contribution in [1.29, 1.82) is 0 Å². The normalized spacial score (nSPS) is 28.4. The maximum absolute atomic E-state index is 3.79. The lowest BCUT2D eigenvalue weighted by Crippen LogP contribution is -1.98.